The number of aryl methyl sites for hydroxylation is 1. The summed E-state index contributed by atoms with van der Waals surface area (Å²) in [4.78, 5) is 32.9. The lowest BCUT2D eigenvalue weighted by Crippen LogP contribution is -2.17. The molecule has 0 aliphatic rings. The highest BCUT2D eigenvalue weighted by molar-refractivity contribution is 6.07. The Hall–Kier alpha value is -4.66. The first-order chi connectivity index (χ1) is 15.4. The molecule has 6 N–H and O–H groups in total. The fourth-order valence-corrected chi connectivity index (χ4v) is 3.13. The number of nitrogens with one attached hydrogen (secondary N) is 2. The second-order valence-corrected chi connectivity index (χ2v) is 7.01. The van der Waals surface area contributed by atoms with Crippen LogP contribution in [-0.4, -0.2) is 22.0 Å². The van der Waals surface area contributed by atoms with Crippen molar-refractivity contribution in [2.24, 2.45) is 0 Å². The molecule has 4 rings (SSSR count). The number of hydrogen-bond acceptors (Lipinski definition) is 7. The molecule has 0 atom stereocenters. The lowest BCUT2D eigenvalue weighted by molar-refractivity contribution is 0.102. The Labute approximate surface area is 183 Å². The van der Waals surface area contributed by atoms with Gasteiger partial charge in [-0.3, -0.25) is 15.1 Å². The van der Waals surface area contributed by atoms with Crippen molar-refractivity contribution in [3.8, 4) is 5.75 Å². The van der Waals surface area contributed by atoms with Gasteiger partial charge >= 0.3 is 6.09 Å². The van der Waals surface area contributed by atoms with Crippen molar-refractivity contribution in [3.05, 3.63) is 78.1 Å². The molecule has 4 aromatic rings. The summed E-state index contributed by atoms with van der Waals surface area (Å²) in [5.74, 6) is 0.105. The third-order valence-corrected chi connectivity index (χ3v) is 4.62. The highest BCUT2D eigenvalue weighted by Crippen LogP contribution is 2.25. The number of carbonyl (C=O) groups is 2. The van der Waals surface area contributed by atoms with Crippen LogP contribution < -0.4 is 26.8 Å². The van der Waals surface area contributed by atoms with Gasteiger partial charge in [0, 0.05) is 34.3 Å². The van der Waals surface area contributed by atoms with Crippen molar-refractivity contribution in [1.82, 2.24) is 9.97 Å². The Bertz CT molecular complexity index is 1320. The SMILES string of the molecule is Cc1cc(N)c2cc(OC(=O)Nc3ccc(NC(=O)c4cccnc4N)cc3)ccc2n1. The van der Waals surface area contributed by atoms with Gasteiger partial charge in [0.25, 0.3) is 5.91 Å². The summed E-state index contributed by atoms with van der Waals surface area (Å²) in [7, 11) is 0. The molecule has 0 spiro atoms. The number of anilines is 4. The van der Waals surface area contributed by atoms with E-state index < -0.39 is 6.09 Å². The van der Waals surface area contributed by atoms with Gasteiger partial charge in [-0.1, -0.05) is 0 Å². The van der Waals surface area contributed by atoms with E-state index in [-0.39, 0.29) is 17.3 Å². The molecule has 2 heterocycles. The first kappa shape index (κ1) is 20.6. The number of nitrogens with two attached hydrogens (primary N) is 2. The molecule has 32 heavy (non-hydrogen) atoms. The van der Waals surface area contributed by atoms with Gasteiger partial charge in [0.2, 0.25) is 0 Å². The molecule has 9 heteroatoms. The van der Waals surface area contributed by atoms with Crippen LogP contribution in [0, 0.1) is 6.92 Å². The quantitative estimate of drug-likeness (QED) is 0.385. The number of nitrogen functional groups attached to an aromatic ring is 2. The first-order valence-electron chi connectivity index (χ1n) is 9.66. The van der Waals surface area contributed by atoms with E-state index in [9.17, 15) is 9.59 Å². The van der Waals surface area contributed by atoms with E-state index in [1.165, 1.54) is 6.20 Å². The van der Waals surface area contributed by atoms with Gasteiger partial charge in [-0.05, 0) is 67.6 Å². The van der Waals surface area contributed by atoms with E-state index in [1.807, 2.05) is 6.92 Å². The molecule has 0 fully saturated rings. The van der Waals surface area contributed by atoms with Gasteiger partial charge in [-0.2, -0.15) is 0 Å². The van der Waals surface area contributed by atoms with Crippen LogP contribution in [0.5, 0.6) is 5.75 Å². The summed E-state index contributed by atoms with van der Waals surface area (Å²) in [5, 5.41) is 6.06. The van der Waals surface area contributed by atoms with Crippen molar-refractivity contribution in [2.75, 3.05) is 22.1 Å². The third-order valence-electron chi connectivity index (χ3n) is 4.62. The fourth-order valence-electron chi connectivity index (χ4n) is 3.13. The van der Waals surface area contributed by atoms with Crippen molar-refractivity contribution in [1.29, 1.82) is 0 Å². The summed E-state index contributed by atoms with van der Waals surface area (Å²) in [6, 6.07) is 16.6. The lowest BCUT2D eigenvalue weighted by atomic mass is 10.1. The van der Waals surface area contributed by atoms with E-state index in [0.717, 1.165) is 11.2 Å². The number of aromatic nitrogens is 2. The Morgan fingerprint density at radius 1 is 0.938 bits per heavy atom. The highest BCUT2D eigenvalue weighted by atomic mass is 16.6. The van der Waals surface area contributed by atoms with E-state index in [0.29, 0.717) is 28.2 Å². The van der Waals surface area contributed by atoms with Crippen LogP contribution in [-0.2, 0) is 0 Å². The summed E-state index contributed by atoms with van der Waals surface area (Å²) in [5.41, 5.74) is 15.2. The summed E-state index contributed by atoms with van der Waals surface area (Å²) < 4.78 is 5.35. The van der Waals surface area contributed by atoms with Crippen molar-refractivity contribution >= 4 is 45.8 Å². The fraction of sp³-hybridized carbons (Fsp3) is 0.0435. The van der Waals surface area contributed by atoms with Crippen LogP contribution in [0.2, 0.25) is 0 Å². The maximum Gasteiger partial charge on any atom is 0.417 e. The molecule has 0 saturated carbocycles. The minimum atomic E-state index is -0.664. The smallest absolute Gasteiger partial charge is 0.410 e. The van der Waals surface area contributed by atoms with Crippen LogP contribution in [0.25, 0.3) is 10.9 Å². The minimum Gasteiger partial charge on any atom is -0.410 e. The second-order valence-electron chi connectivity index (χ2n) is 7.01. The van der Waals surface area contributed by atoms with Crippen LogP contribution >= 0.6 is 0 Å². The lowest BCUT2D eigenvalue weighted by Gasteiger charge is -2.10. The Kier molecular flexibility index (Phi) is 5.54. The summed E-state index contributed by atoms with van der Waals surface area (Å²) >= 11 is 0. The molecule has 9 nitrogen and oxygen atoms in total. The number of nitrogens with zero attached hydrogens (tertiary/aromatic N) is 2. The molecule has 0 aliphatic carbocycles. The third kappa shape index (κ3) is 4.57. The first-order valence-corrected chi connectivity index (χ1v) is 9.66. The van der Waals surface area contributed by atoms with Crippen molar-refractivity contribution < 1.29 is 14.3 Å². The zero-order valence-corrected chi connectivity index (χ0v) is 17.1. The van der Waals surface area contributed by atoms with Crippen LogP contribution in [0.3, 0.4) is 0 Å². The van der Waals surface area contributed by atoms with E-state index in [4.69, 9.17) is 16.2 Å². The number of amides is 2. The minimum absolute atomic E-state index is 0.146. The summed E-state index contributed by atoms with van der Waals surface area (Å²) in [6.45, 7) is 1.86. The predicted octanol–water partition coefficient (Wildman–Crippen LogP) is 3.97. The molecular weight excluding hydrogens is 408 g/mol. The van der Waals surface area contributed by atoms with E-state index in [1.54, 1.807) is 60.7 Å². The standard InChI is InChI=1S/C23H20N6O3/c1-13-11-19(24)18-12-16(8-9-20(18)27-13)32-23(31)29-15-6-4-14(5-7-15)28-22(30)17-3-2-10-26-21(17)25/h2-12H,1H3,(H2,24,27)(H2,25,26)(H,28,30)(H,29,31). The monoisotopic (exact) mass is 428 g/mol. The predicted molar refractivity (Wildman–Crippen MR) is 124 cm³/mol. The van der Waals surface area contributed by atoms with Crippen molar-refractivity contribution in [3.63, 3.8) is 0 Å². The van der Waals surface area contributed by atoms with Gasteiger partial charge in [0.15, 0.2) is 0 Å². The number of ether oxygens (including phenoxy) is 1. The maximum absolute atomic E-state index is 12.3. The van der Waals surface area contributed by atoms with Crippen molar-refractivity contribution in [2.45, 2.75) is 6.92 Å². The Morgan fingerprint density at radius 2 is 1.66 bits per heavy atom. The number of carbonyl (C=O) groups excluding carboxylic acids is 2. The Balaban J connectivity index is 1.39. The van der Waals surface area contributed by atoms with Crippen LogP contribution in [0.4, 0.5) is 27.7 Å². The number of fused-ring (bicyclic) bond motifs is 1. The molecule has 2 aromatic heterocycles. The Morgan fingerprint density at radius 3 is 2.38 bits per heavy atom. The van der Waals surface area contributed by atoms with E-state index >= 15 is 0 Å². The highest BCUT2D eigenvalue weighted by Gasteiger charge is 2.11. The molecule has 160 valence electrons. The number of benzene rings is 2. The average molecular weight is 428 g/mol. The largest absolute Gasteiger partial charge is 0.417 e. The molecule has 2 amide bonds. The number of rotatable bonds is 4. The molecule has 0 unspecified atom stereocenters. The molecular formula is C23H20N6O3. The average Bonchev–Trinajstić information content (AvgIpc) is 2.75. The van der Waals surface area contributed by atoms with Gasteiger partial charge < -0.3 is 21.5 Å². The normalized spacial score (nSPS) is 10.5. The number of hydrogen-bond donors (Lipinski definition) is 4. The van der Waals surface area contributed by atoms with E-state index in [2.05, 4.69) is 20.6 Å². The summed E-state index contributed by atoms with van der Waals surface area (Å²) in [6.07, 6.45) is 0.846. The molecule has 0 aliphatic heterocycles. The molecule has 0 bridgehead atoms. The number of pyridine rings is 2. The molecule has 0 saturated heterocycles. The molecule has 2 aromatic carbocycles. The zero-order chi connectivity index (χ0) is 22.7. The second kappa shape index (κ2) is 8.60. The van der Waals surface area contributed by atoms with Gasteiger partial charge in [0.05, 0.1) is 11.1 Å². The topological polar surface area (TPSA) is 145 Å². The maximum atomic E-state index is 12.3. The van der Waals surface area contributed by atoms with Crippen LogP contribution in [0.15, 0.2) is 66.9 Å². The zero-order valence-electron chi connectivity index (χ0n) is 17.1. The van der Waals surface area contributed by atoms with Crippen LogP contribution in [0.1, 0.15) is 16.1 Å². The van der Waals surface area contributed by atoms with Gasteiger partial charge in [-0.15, -0.1) is 0 Å². The van der Waals surface area contributed by atoms with Gasteiger partial charge in [0.1, 0.15) is 11.6 Å². The molecule has 0 radical (unpaired) electrons. The van der Waals surface area contributed by atoms with Gasteiger partial charge in [-0.25, -0.2) is 9.78 Å².